The van der Waals surface area contributed by atoms with E-state index >= 15 is 0 Å². The number of nitrogen functional groups attached to an aromatic ring is 1. The van der Waals surface area contributed by atoms with Gasteiger partial charge in [0.25, 0.3) is 0 Å². The van der Waals surface area contributed by atoms with Gasteiger partial charge in [-0.25, -0.2) is 18.7 Å². The van der Waals surface area contributed by atoms with E-state index in [0.29, 0.717) is 34.7 Å². The van der Waals surface area contributed by atoms with Crippen molar-refractivity contribution in [3.05, 3.63) is 65.6 Å². The maximum Gasteiger partial charge on any atom is 0.177 e. The fourth-order valence-corrected chi connectivity index (χ4v) is 2.72. The van der Waals surface area contributed by atoms with Gasteiger partial charge in [0.15, 0.2) is 11.6 Å². The molecule has 0 saturated heterocycles. The van der Waals surface area contributed by atoms with Crippen molar-refractivity contribution in [1.29, 1.82) is 0 Å². The van der Waals surface area contributed by atoms with Gasteiger partial charge in [-0.05, 0) is 42.0 Å². The molecule has 0 unspecified atom stereocenters. The van der Waals surface area contributed by atoms with E-state index in [1.165, 1.54) is 44.8 Å². The maximum absolute atomic E-state index is 14.0. The largest absolute Gasteiger partial charge is 0.496 e. The number of benzene rings is 2. The molecule has 5 nitrogen and oxygen atoms in total. The van der Waals surface area contributed by atoms with Crippen molar-refractivity contribution in [3.8, 4) is 22.8 Å². The number of aromatic nitrogens is 2. The number of rotatable bonds is 5. The summed E-state index contributed by atoms with van der Waals surface area (Å²) in [5.41, 5.74) is 8.30. The second kappa shape index (κ2) is 7.35. The maximum atomic E-state index is 14.0. The summed E-state index contributed by atoms with van der Waals surface area (Å²) in [4.78, 5) is 8.39. The zero-order chi connectivity index (χ0) is 18.7. The van der Waals surface area contributed by atoms with Crippen molar-refractivity contribution < 1.29 is 18.3 Å². The average Bonchev–Trinajstić information content (AvgIpc) is 2.61. The second-order valence-electron chi connectivity index (χ2n) is 5.62. The molecule has 2 aromatic carbocycles. The standard InChI is InChI=1S/C19H17F2N3O2/c1-25-18-4-3-12(20)8-14(18)17-9-13(23-10-24-17)5-11-6-15(21)19(26-2)16(22)7-11/h3-4,6-10H,5,22H2,1-2H3. The molecular weight excluding hydrogens is 340 g/mol. The molecule has 3 aromatic rings. The quantitative estimate of drug-likeness (QED) is 0.707. The lowest BCUT2D eigenvalue weighted by Crippen LogP contribution is -2.00. The Labute approximate surface area is 149 Å². The molecule has 2 N–H and O–H groups in total. The summed E-state index contributed by atoms with van der Waals surface area (Å²) in [7, 11) is 2.86. The summed E-state index contributed by atoms with van der Waals surface area (Å²) in [6.45, 7) is 0. The fourth-order valence-electron chi connectivity index (χ4n) is 2.72. The predicted molar refractivity (Wildman–Crippen MR) is 94.1 cm³/mol. The Hall–Kier alpha value is -3.22. The highest BCUT2D eigenvalue weighted by Crippen LogP contribution is 2.30. The smallest absolute Gasteiger partial charge is 0.177 e. The Bertz CT molecular complexity index is 925. The number of nitrogens with two attached hydrogens (primary N) is 1. The normalized spacial score (nSPS) is 10.6. The van der Waals surface area contributed by atoms with Crippen molar-refractivity contribution >= 4 is 5.69 Å². The first kappa shape index (κ1) is 17.6. The van der Waals surface area contributed by atoms with Crippen molar-refractivity contribution in [1.82, 2.24) is 9.97 Å². The third kappa shape index (κ3) is 3.56. The molecule has 0 aliphatic rings. The number of anilines is 1. The van der Waals surface area contributed by atoms with Crippen LogP contribution in [0.15, 0.2) is 42.7 Å². The first-order valence-corrected chi connectivity index (χ1v) is 7.78. The highest BCUT2D eigenvalue weighted by Gasteiger charge is 2.12. The molecule has 0 spiro atoms. The van der Waals surface area contributed by atoms with Gasteiger partial charge in [0.05, 0.1) is 25.6 Å². The number of hydrogen-bond acceptors (Lipinski definition) is 5. The number of ether oxygens (including phenoxy) is 2. The zero-order valence-electron chi connectivity index (χ0n) is 14.3. The van der Waals surface area contributed by atoms with Gasteiger partial charge in [-0.15, -0.1) is 0 Å². The number of hydrogen-bond donors (Lipinski definition) is 1. The van der Waals surface area contributed by atoms with Crippen LogP contribution in [0.25, 0.3) is 11.3 Å². The van der Waals surface area contributed by atoms with E-state index in [1.54, 1.807) is 12.1 Å². The molecular formula is C19H17F2N3O2. The molecule has 0 fully saturated rings. The lowest BCUT2D eigenvalue weighted by molar-refractivity contribution is 0.388. The Morgan fingerprint density at radius 1 is 1.00 bits per heavy atom. The van der Waals surface area contributed by atoms with Crippen LogP contribution >= 0.6 is 0 Å². The first-order chi connectivity index (χ1) is 12.5. The van der Waals surface area contributed by atoms with Crippen LogP contribution in [0, 0.1) is 11.6 Å². The van der Waals surface area contributed by atoms with E-state index in [4.69, 9.17) is 15.2 Å². The van der Waals surface area contributed by atoms with Crippen LogP contribution < -0.4 is 15.2 Å². The third-order valence-electron chi connectivity index (χ3n) is 3.88. The SMILES string of the molecule is COc1ccc(F)cc1-c1cc(Cc2cc(N)c(OC)c(F)c2)ncn1. The Morgan fingerprint density at radius 3 is 2.50 bits per heavy atom. The van der Waals surface area contributed by atoms with Crippen molar-refractivity contribution in [3.63, 3.8) is 0 Å². The Morgan fingerprint density at radius 2 is 1.81 bits per heavy atom. The summed E-state index contributed by atoms with van der Waals surface area (Å²) in [6.07, 6.45) is 1.70. The van der Waals surface area contributed by atoms with Crippen LogP contribution in [-0.4, -0.2) is 24.2 Å². The molecule has 0 bridgehead atoms. The summed E-state index contributed by atoms with van der Waals surface area (Å²) in [6, 6.07) is 8.87. The van der Waals surface area contributed by atoms with Gasteiger partial charge >= 0.3 is 0 Å². The number of methoxy groups -OCH3 is 2. The van der Waals surface area contributed by atoms with Crippen molar-refractivity contribution in [2.45, 2.75) is 6.42 Å². The van der Waals surface area contributed by atoms with E-state index in [1.807, 2.05) is 0 Å². The van der Waals surface area contributed by atoms with Gasteiger partial charge < -0.3 is 15.2 Å². The molecule has 0 amide bonds. The molecule has 1 heterocycles. The van der Waals surface area contributed by atoms with Gasteiger partial charge in [0.1, 0.15) is 17.9 Å². The second-order valence-corrected chi connectivity index (χ2v) is 5.62. The number of halogens is 2. The van der Waals surface area contributed by atoms with Gasteiger partial charge in [-0.1, -0.05) is 0 Å². The lowest BCUT2D eigenvalue weighted by Gasteiger charge is -2.10. The molecule has 0 saturated carbocycles. The minimum absolute atomic E-state index is 0.0154. The summed E-state index contributed by atoms with van der Waals surface area (Å²) in [5, 5.41) is 0. The molecule has 134 valence electrons. The van der Waals surface area contributed by atoms with Crippen LogP contribution in [0.1, 0.15) is 11.3 Å². The van der Waals surface area contributed by atoms with E-state index in [9.17, 15) is 8.78 Å². The molecule has 0 aliphatic heterocycles. The highest BCUT2D eigenvalue weighted by atomic mass is 19.1. The van der Waals surface area contributed by atoms with Gasteiger partial charge in [-0.3, -0.25) is 0 Å². The monoisotopic (exact) mass is 357 g/mol. The number of nitrogens with zero attached hydrogens (tertiary/aromatic N) is 2. The lowest BCUT2D eigenvalue weighted by atomic mass is 10.1. The fraction of sp³-hybridized carbons (Fsp3) is 0.158. The molecule has 0 aliphatic carbocycles. The summed E-state index contributed by atoms with van der Waals surface area (Å²) >= 11 is 0. The third-order valence-corrected chi connectivity index (χ3v) is 3.88. The van der Waals surface area contributed by atoms with Gasteiger partial charge in [-0.2, -0.15) is 0 Å². The summed E-state index contributed by atoms with van der Waals surface area (Å²) < 4.78 is 37.8. The van der Waals surface area contributed by atoms with Crippen molar-refractivity contribution in [2.75, 3.05) is 20.0 Å². The van der Waals surface area contributed by atoms with Crippen LogP contribution in [0.4, 0.5) is 14.5 Å². The van der Waals surface area contributed by atoms with E-state index in [0.717, 1.165) is 0 Å². The predicted octanol–water partition coefficient (Wildman–Crippen LogP) is 3.61. The van der Waals surface area contributed by atoms with Crippen LogP contribution in [0.2, 0.25) is 0 Å². The minimum Gasteiger partial charge on any atom is -0.496 e. The van der Waals surface area contributed by atoms with E-state index in [2.05, 4.69) is 9.97 Å². The molecule has 1 aromatic heterocycles. The van der Waals surface area contributed by atoms with E-state index in [-0.39, 0.29) is 11.4 Å². The van der Waals surface area contributed by atoms with Crippen LogP contribution in [-0.2, 0) is 6.42 Å². The molecule has 3 rings (SSSR count). The first-order valence-electron chi connectivity index (χ1n) is 7.78. The molecule has 0 atom stereocenters. The Balaban J connectivity index is 1.95. The van der Waals surface area contributed by atoms with Gasteiger partial charge in [0, 0.05) is 17.7 Å². The topological polar surface area (TPSA) is 70.3 Å². The molecule has 0 radical (unpaired) electrons. The molecule has 26 heavy (non-hydrogen) atoms. The Kier molecular flexibility index (Phi) is 4.97. The van der Waals surface area contributed by atoms with Crippen LogP contribution in [0.5, 0.6) is 11.5 Å². The van der Waals surface area contributed by atoms with Crippen LogP contribution in [0.3, 0.4) is 0 Å². The van der Waals surface area contributed by atoms with Gasteiger partial charge in [0.2, 0.25) is 0 Å². The molecule has 7 heteroatoms. The van der Waals surface area contributed by atoms with Crippen molar-refractivity contribution in [2.24, 2.45) is 0 Å². The zero-order valence-corrected chi connectivity index (χ0v) is 14.3. The minimum atomic E-state index is -0.538. The average molecular weight is 357 g/mol. The summed E-state index contributed by atoms with van der Waals surface area (Å²) in [5.74, 6) is -0.424. The highest BCUT2D eigenvalue weighted by molar-refractivity contribution is 5.67. The van der Waals surface area contributed by atoms with E-state index < -0.39 is 11.6 Å².